The second-order valence-corrected chi connectivity index (χ2v) is 4.59. The molecule has 1 atom stereocenters. The van der Waals surface area contributed by atoms with Gasteiger partial charge in [-0.3, -0.25) is 0 Å². The van der Waals surface area contributed by atoms with E-state index in [1.54, 1.807) is 0 Å². The molecule has 0 aliphatic heterocycles. The first-order valence-corrected chi connectivity index (χ1v) is 6.23. The molecule has 0 amide bonds. The van der Waals surface area contributed by atoms with Crippen molar-refractivity contribution in [3.63, 3.8) is 0 Å². The zero-order valence-electron chi connectivity index (χ0n) is 9.87. The number of hydrogen-bond acceptors (Lipinski definition) is 1. The average Bonchev–Trinajstić information content (AvgIpc) is 2.66. The molecular formula is C13H22N2. The minimum atomic E-state index is 0.282. The number of hydrogen-bond donors (Lipinski definition) is 1. The van der Waals surface area contributed by atoms with E-state index in [4.69, 9.17) is 5.73 Å². The number of nitrogens with two attached hydrogens (primary N) is 1. The van der Waals surface area contributed by atoms with E-state index in [2.05, 4.69) is 30.7 Å². The number of nitrogens with zero attached hydrogens (tertiary/aromatic N) is 1. The third-order valence-electron chi connectivity index (χ3n) is 3.72. The van der Waals surface area contributed by atoms with Crippen LogP contribution < -0.4 is 5.73 Å². The zero-order chi connectivity index (χ0) is 10.8. The summed E-state index contributed by atoms with van der Waals surface area (Å²) in [7, 11) is 0. The van der Waals surface area contributed by atoms with Gasteiger partial charge in [0.05, 0.1) is 0 Å². The first-order chi connectivity index (χ1) is 7.27. The molecule has 0 saturated heterocycles. The van der Waals surface area contributed by atoms with Gasteiger partial charge >= 0.3 is 0 Å². The summed E-state index contributed by atoms with van der Waals surface area (Å²) in [5.74, 6) is 0. The highest BCUT2D eigenvalue weighted by atomic mass is 15.0. The van der Waals surface area contributed by atoms with Crippen LogP contribution in [0.1, 0.15) is 62.9 Å². The van der Waals surface area contributed by atoms with Crippen molar-refractivity contribution in [3.05, 3.63) is 23.5 Å². The quantitative estimate of drug-likeness (QED) is 0.809. The first-order valence-electron chi connectivity index (χ1n) is 6.23. The molecule has 1 aliphatic carbocycles. The number of rotatable bonds is 3. The molecule has 1 aliphatic rings. The molecule has 0 fully saturated rings. The second kappa shape index (κ2) is 4.40. The van der Waals surface area contributed by atoms with Crippen LogP contribution in [0.3, 0.4) is 0 Å². The van der Waals surface area contributed by atoms with Crippen molar-refractivity contribution >= 4 is 0 Å². The molecule has 0 spiro atoms. The van der Waals surface area contributed by atoms with Crippen LogP contribution in [-0.2, 0) is 6.42 Å². The van der Waals surface area contributed by atoms with E-state index in [0.29, 0.717) is 6.04 Å². The lowest BCUT2D eigenvalue weighted by atomic mass is 9.93. The van der Waals surface area contributed by atoms with Gasteiger partial charge in [-0.2, -0.15) is 0 Å². The first kappa shape index (κ1) is 10.7. The lowest BCUT2D eigenvalue weighted by molar-refractivity contribution is 0.442. The summed E-state index contributed by atoms with van der Waals surface area (Å²) in [4.78, 5) is 0. The van der Waals surface area contributed by atoms with Crippen LogP contribution in [0.5, 0.6) is 0 Å². The highest BCUT2D eigenvalue weighted by molar-refractivity contribution is 5.28. The van der Waals surface area contributed by atoms with Crippen LogP contribution in [0.2, 0.25) is 0 Å². The Bertz CT molecular complexity index is 323. The Morgan fingerprint density at radius 3 is 2.87 bits per heavy atom. The van der Waals surface area contributed by atoms with Crippen LogP contribution in [0.4, 0.5) is 0 Å². The molecule has 2 rings (SSSR count). The largest absolute Gasteiger partial charge is 0.348 e. The van der Waals surface area contributed by atoms with Crippen molar-refractivity contribution in [1.82, 2.24) is 4.57 Å². The summed E-state index contributed by atoms with van der Waals surface area (Å²) in [5.41, 5.74) is 9.03. The lowest BCUT2D eigenvalue weighted by Gasteiger charge is -2.24. The molecule has 0 bridgehead atoms. The molecule has 1 heterocycles. The molecule has 84 valence electrons. The minimum absolute atomic E-state index is 0.282. The number of aromatic nitrogens is 1. The molecule has 2 nitrogen and oxygen atoms in total. The Morgan fingerprint density at radius 1 is 1.47 bits per heavy atom. The SMILES string of the molecule is CCC(CC)n1ccc2c1CCCC2N. The van der Waals surface area contributed by atoms with Crippen molar-refractivity contribution in [2.24, 2.45) is 5.73 Å². The van der Waals surface area contributed by atoms with E-state index in [1.165, 1.54) is 36.9 Å². The highest BCUT2D eigenvalue weighted by Gasteiger charge is 2.21. The van der Waals surface area contributed by atoms with Crippen LogP contribution in [-0.4, -0.2) is 4.57 Å². The second-order valence-electron chi connectivity index (χ2n) is 4.59. The lowest BCUT2D eigenvalue weighted by Crippen LogP contribution is -2.19. The Morgan fingerprint density at radius 2 is 2.20 bits per heavy atom. The van der Waals surface area contributed by atoms with Crippen molar-refractivity contribution in [3.8, 4) is 0 Å². The van der Waals surface area contributed by atoms with E-state index in [-0.39, 0.29) is 6.04 Å². The fourth-order valence-corrected chi connectivity index (χ4v) is 2.78. The van der Waals surface area contributed by atoms with Gasteiger partial charge in [0.1, 0.15) is 0 Å². The van der Waals surface area contributed by atoms with E-state index in [0.717, 1.165) is 6.42 Å². The molecule has 2 N–H and O–H groups in total. The summed E-state index contributed by atoms with van der Waals surface area (Å²) >= 11 is 0. The summed E-state index contributed by atoms with van der Waals surface area (Å²) in [6, 6.07) is 3.18. The Kier molecular flexibility index (Phi) is 3.15. The standard InChI is InChI=1S/C13H22N2/c1-3-10(4-2)15-9-8-11-12(14)6-5-7-13(11)15/h8-10,12H,3-7,14H2,1-2H3. The summed E-state index contributed by atoms with van der Waals surface area (Å²) in [5, 5.41) is 0. The average molecular weight is 206 g/mol. The maximum absolute atomic E-state index is 6.13. The smallest absolute Gasteiger partial charge is 0.0328 e. The third kappa shape index (κ3) is 1.83. The van der Waals surface area contributed by atoms with Gasteiger partial charge in [0.2, 0.25) is 0 Å². The van der Waals surface area contributed by atoms with Gasteiger partial charge in [0.15, 0.2) is 0 Å². The fourth-order valence-electron chi connectivity index (χ4n) is 2.78. The van der Waals surface area contributed by atoms with Gasteiger partial charge in [-0.1, -0.05) is 13.8 Å². The molecule has 1 aromatic heterocycles. The predicted molar refractivity (Wildman–Crippen MR) is 63.9 cm³/mol. The summed E-state index contributed by atoms with van der Waals surface area (Å²) < 4.78 is 2.47. The van der Waals surface area contributed by atoms with Gasteiger partial charge < -0.3 is 10.3 Å². The molecule has 15 heavy (non-hydrogen) atoms. The predicted octanol–water partition coefficient (Wildman–Crippen LogP) is 3.19. The van der Waals surface area contributed by atoms with E-state index in [9.17, 15) is 0 Å². The van der Waals surface area contributed by atoms with Gasteiger partial charge in [-0.25, -0.2) is 0 Å². The molecule has 0 radical (unpaired) electrons. The molecule has 2 heteroatoms. The maximum atomic E-state index is 6.13. The molecule has 0 saturated carbocycles. The summed E-state index contributed by atoms with van der Waals surface area (Å²) in [6.45, 7) is 4.53. The van der Waals surface area contributed by atoms with Crippen molar-refractivity contribution in [1.29, 1.82) is 0 Å². The Hall–Kier alpha value is -0.760. The minimum Gasteiger partial charge on any atom is -0.348 e. The van der Waals surface area contributed by atoms with Crippen LogP contribution in [0, 0.1) is 0 Å². The van der Waals surface area contributed by atoms with Crippen LogP contribution in [0.25, 0.3) is 0 Å². The Labute approximate surface area is 92.5 Å². The van der Waals surface area contributed by atoms with Gasteiger partial charge in [-0.05, 0) is 43.7 Å². The van der Waals surface area contributed by atoms with E-state index < -0.39 is 0 Å². The van der Waals surface area contributed by atoms with Gasteiger partial charge in [0, 0.05) is 24.0 Å². The van der Waals surface area contributed by atoms with Crippen molar-refractivity contribution < 1.29 is 0 Å². The Balaban J connectivity index is 2.33. The van der Waals surface area contributed by atoms with E-state index >= 15 is 0 Å². The monoisotopic (exact) mass is 206 g/mol. The van der Waals surface area contributed by atoms with E-state index in [1.807, 2.05) is 0 Å². The maximum Gasteiger partial charge on any atom is 0.0328 e. The van der Waals surface area contributed by atoms with Crippen molar-refractivity contribution in [2.75, 3.05) is 0 Å². The molecule has 1 aromatic rings. The normalized spacial score (nSPS) is 20.7. The zero-order valence-corrected chi connectivity index (χ0v) is 9.87. The fraction of sp³-hybridized carbons (Fsp3) is 0.692. The van der Waals surface area contributed by atoms with Gasteiger partial charge in [0.25, 0.3) is 0 Å². The molecule has 1 unspecified atom stereocenters. The number of fused-ring (bicyclic) bond motifs is 1. The summed E-state index contributed by atoms with van der Waals surface area (Å²) in [6.07, 6.45) is 8.29. The third-order valence-corrected chi connectivity index (χ3v) is 3.72. The topological polar surface area (TPSA) is 30.9 Å². The van der Waals surface area contributed by atoms with Gasteiger partial charge in [-0.15, -0.1) is 0 Å². The highest BCUT2D eigenvalue weighted by Crippen LogP contribution is 2.31. The van der Waals surface area contributed by atoms with Crippen LogP contribution >= 0.6 is 0 Å². The van der Waals surface area contributed by atoms with Crippen molar-refractivity contribution in [2.45, 2.75) is 58.0 Å². The molecule has 0 aromatic carbocycles. The molecular weight excluding hydrogens is 184 g/mol. The van der Waals surface area contributed by atoms with Crippen LogP contribution in [0.15, 0.2) is 12.3 Å².